The number of benzene rings is 1. The summed E-state index contributed by atoms with van der Waals surface area (Å²) in [6.07, 6.45) is 3.24. The normalized spacial score (nSPS) is 12.2. The van der Waals surface area contributed by atoms with E-state index in [9.17, 15) is 4.79 Å². The highest BCUT2D eigenvalue weighted by atomic mass is 16.1. The molecule has 0 spiro atoms. The molecule has 104 valence electrons. The molecule has 1 atom stereocenters. The van der Waals surface area contributed by atoms with Crippen molar-refractivity contribution < 1.29 is 4.79 Å². The minimum Gasteiger partial charge on any atom is -0.346 e. The molecule has 1 N–H and O–H groups in total. The second kappa shape index (κ2) is 6.33. The van der Waals surface area contributed by atoms with Crippen LogP contribution >= 0.6 is 0 Å². The van der Waals surface area contributed by atoms with Crippen LogP contribution in [0.5, 0.6) is 0 Å². The Hall–Kier alpha value is -2.16. The van der Waals surface area contributed by atoms with Crippen LogP contribution in [0.2, 0.25) is 0 Å². The largest absolute Gasteiger partial charge is 0.346 e. The molecule has 1 aromatic carbocycles. The van der Waals surface area contributed by atoms with Crippen LogP contribution in [-0.2, 0) is 0 Å². The lowest BCUT2D eigenvalue weighted by atomic mass is 9.99. The molecule has 1 unspecified atom stereocenters. The number of carbonyl (C=O) groups excluding carboxylic acids is 1. The SMILES string of the molecule is CC(C)c1ccc(C(C)NC(=O)c2ccncc2)cc1. The predicted octanol–water partition coefficient (Wildman–Crippen LogP) is 3.70. The minimum atomic E-state index is -0.0761. The number of nitrogens with zero attached hydrogens (tertiary/aromatic N) is 1. The Balaban J connectivity index is 2.04. The third-order valence-electron chi connectivity index (χ3n) is 3.39. The van der Waals surface area contributed by atoms with Crippen molar-refractivity contribution >= 4 is 5.91 Å². The maximum absolute atomic E-state index is 12.1. The van der Waals surface area contributed by atoms with Gasteiger partial charge in [-0.15, -0.1) is 0 Å². The highest BCUT2D eigenvalue weighted by molar-refractivity contribution is 5.94. The Labute approximate surface area is 120 Å². The summed E-state index contributed by atoms with van der Waals surface area (Å²) in [5.41, 5.74) is 3.05. The zero-order valence-electron chi connectivity index (χ0n) is 12.1. The maximum Gasteiger partial charge on any atom is 0.251 e. The molecule has 20 heavy (non-hydrogen) atoms. The monoisotopic (exact) mass is 268 g/mol. The van der Waals surface area contributed by atoms with Gasteiger partial charge in [0, 0.05) is 18.0 Å². The van der Waals surface area contributed by atoms with E-state index >= 15 is 0 Å². The predicted molar refractivity (Wildman–Crippen MR) is 80.6 cm³/mol. The average molecular weight is 268 g/mol. The molecule has 0 aliphatic carbocycles. The molecule has 0 saturated heterocycles. The summed E-state index contributed by atoms with van der Waals surface area (Å²) in [4.78, 5) is 16.0. The fourth-order valence-corrected chi connectivity index (χ4v) is 2.04. The van der Waals surface area contributed by atoms with E-state index < -0.39 is 0 Å². The van der Waals surface area contributed by atoms with Crippen LogP contribution in [0.4, 0.5) is 0 Å². The van der Waals surface area contributed by atoms with Crippen molar-refractivity contribution in [1.29, 1.82) is 0 Å². The first-order valence-electron chi connectivity index (χ1n) is 6.88. The van der Waals surface area contributed by atoms with Gasteiger partial charge in [0.2, 0.25) is 0 Å². The Morgan fingerprint density at radius 2 is 1.50 bits per heavy atom. The lowest BCUT2D eigenvalue weighted by Crippen LogP contribution is -2.26. The molecule has 1 amide bonds. The van der Waals surface area contributed by atoms with E-state index in [1.54, 1.807) is 24.5 Å². The van der Waals surface area contributed by atoms with Gasteiger partial charge in [-0.3, -0.25) is 9.78 Å². The summed E-state index contributed by atoms with van der Waals surface area (Å²) in [5.74, 6) is 0.443. The molecule has 1 heterocycles. The third kappa shape index (κ3) is 3.44. The minimum absolute atomic E-state index is 0.0168. The van der Waals surface area contributed by atoms with Gasteiger partial charge < -0.3 is 5.32 Å². The van der Waals surface area contributed by atoms with Crippen molar-refractivity contribution in [3.05, 3.63) is 65.5 Å². The summed E-state index contributed by atoms with van der Waals surface area (Å²) in [6, 6.07) is 11.8. The first kappa shape index (κ1) is 14.3. The van der Waals surface area contributed by atoms with E-state index in [0.29, 0.717) is 11.5 Å². The second-order valence-electron chi connectivity index (χ2n) is 5.25. The quantitative estimate of drug-likeness (QED) is 0.918. The molecule has 2 rings (SSSR count). The summed E-state index contributed by atoms with van der Waals surface area (Å²) in [7, 11) is 0. The molecule has 3 heteroatoms. The van der Waals surface area contributed by atoms with Crippen LogP contribution in [0.25, 0.3) is 0 Å². The van der Waals surface area contributed by atoms with Crippen LogP contribution in [0, 0.1) is 0 Å². The van der Waals surface area contributed by atoms with Crippen LogP contribution in [0.15, 0.2) is 48.8 Å². The van der Waals surface area contributed by atoms with E-state index in [1.165, 1.54) is 5.56 Å². The highest BCUT2D eigenvalue weighted by Gasteiger charge is 2.11. The van der Waals surface area contributed by atoms with Gasteiger partial charge in [0.1, 0.15) is 0 Å². The lowest BCUT2D eigenvalue weighted by molar-refractivity contribution is 0.0940. The number of aromatic nitrogens is 1. The third-order valence-corrected chi connectivity index (χ3v) is 3.39. The summed E-state index contributed by atoms with van der Waals surface area (Å²) >= 11 is 0. The second-order valence-corrected chi connectivity index (χ2v) is 5.25. The van der Waals surface area contributed by atoms with E-state index in [2.05, 4.69) is 48.4 Å². The summed E-state index contributed by atoms with van der Waals surface area (Å²) in [6.45, 7) is 6.33. The molecule has 0 radical (unpaired) electrons. The molecule has 0 aliphatic rings. The number of hydrogen-bond donors (Lipinski definition) is 1. The summed E-state index contributed by atoms with van der Waals surface area (Å²) < 4.78 is 0. The Morgan fingerprint density at radius 3 is 2.05 bits per heavy atom. The molecular formula is C17H20N2O. The Morgan fingerprint density at radius 1 is 0.950 bits per heavy atom. The van der Waals surface area contributed by atoms with Gasteiger partial charge in [0.05, 0.1) is 6.04 Å². The molecule has 3 nitrogen and oxygen atoms in total. The fourth-order valence-electron chi connectivity index (χ4n) is 2.04. The Kier molecular flexibility index (Phi) is 4.51. The van der Waals surface area contributed by atoms with Crippen molar-refractivity contribution in [2.75, 3.05) is 0 Å². The Bertz CT molecular complexity index is 561. The average Bonchev–Trinajstić information content (AvgIpc) is 2.48. The highest BCUT2D eigenvalue weighted by Crippen LogP contribution is 2.18. The van der Waals surface area contributed by atoms with Gasteiger partial charge in [-0.25, -0.2) is 0 Å². The lowest BCUT2D eigenvalue weighted by Gasteiger charge is -2.15. The molecule has 0 fully saturated rings. The number of pyridine rings is 1. The first-order valence-corrected chi connectivity index (χ1v) is 6.88. The van der Waals surface area contributed by atoms with E-state index in [-0.39, 0.29) is 11.9 Å². The van der Waals surface area contributed by atoms with E-state index in [0.717, 1.165) is 5.56 Å². The van der Waals surface area contributed by atoms with Gasteiger partial charge in [-0.1, -0.05) is 38.1 Å². The van der Waals surface area contributed by atoms with E-state index in [4.69, 9.17) is 0 Å². The van der Waals surface area contributed by atoms with Crippen LogP contribution in [-0.4, -0.2) is 10.9 Å². The number of nitrogens with one attached hydrogen (secondary N) is 1. The van der Waals surface area contributed by atoms with Crippen LogP contribution < -0.4 is 5.32 Å². The van der Waals surface area contributed by atoms with Gasteiger partial charge in [0.25, 0.3) is 5.91 Å². The van der Waals surface area contributed by atoms with Gasteiger partial charge in [0.15, 0.2) is 0 Å². The molecule has 0 bridgehead atoms. The van der Waals surface area contributed by atoms with Crippen molar-refractivity contribution in [2.24, 2.45) is 0 Å². The topological polar surface area (TPSA) is 42.0 Å². The van der Waals surface area contributed by atoms with Crippen LogP contribution in [0.1, 0.15) is 54.2 Å². The zero-order chi connectivity index (χ0) is 14.5. The van der Waals surface area contributed by atoms with Gasteiger partial charge in [-0.2, -0.15) is 0 Å². The van der Waals surface area contributed by atoms with Crippen LogP contribution in [0.3, 0.4) is 0 Å². The standard InChI is InChI=1S/C17H20N2O/c1-12(2)14-4-6-15(7-5-14)13(3)19-17(20)16-8-10-18-11-9-16/h4-13H,1-3H3,(H,19,20). The van der Waals surface area contributed by atoms with Gasteiger partial charge in [-0.05, 0) is 36.1 Å². The van der Waals surface area contributed by atoms with E-state index in [1.807, 2.05) is 6.92 Å². The van der Waals surface area contributed by atoms with Crippen molar-refractivity contribution in [2.45, 2.75) is 32.7 Å². The molecule has 1 aromatic heterocycles. The number of hydrogen-bond acceptors (Lipinski definition) is 2. The first-order chi connectivity index (χ1) is 9.58. The molecular weight excluding hydrogens is 248 g/mol. The smallest absolute Gasteiger partial charge is 0.251 e. The fraction of sp³-hybridized carbons (Fsp3) is 0.294. The van der Waals surface area contributed by atoms with Crippen molar-refractivity contribution in [1.82, 2.24) is 10.3 Å². The molecule has 0 aliphatic heterocycles. The number of amides is 1. The number of carbonyl (C=O) groups is 1. The summed E-state index contributed by atoms with van der Waals surface area (Å²) in [5, 5.41) is 2.99. The molecule has 2 aromatic rings. The molecule has 0 saturated carbocycles. The van der Waals surface area contributed by atoms with Gasteiger partial charge >= 0.3 is 0 Å². The van der Waals surface area contributed by atoms with Crippen molar-refractivity contribution in [3.63, 3.8) is 0 Å². The number of rotatable bonds is 4. The maximum atomic E-state index is 12.1. The van der Waals surface area contributed by atoms with Crippen molar-refractivity contribution in [3.8, 4) is 0 Å². The zero-order valence-corrected chi connectivity index (χ0v) is 12.1.